The lowest BCUT2D eigenvalue weighted by Gasteiger charge is -2.19. The van der Waals surface area contributed by atoms with Gasteiger partial charge in [-0.2, -0.15) is 5.26 Å². The summed E-state index contributed by atoms with van der Waals surface area (Å²) in [6, 6.07) is 5.23. The topological polar surface area (TPSA) is 57.0 Å². The fourth-order valence-corrected chi connectivity index (χ4v) is 2.03. The summed E-state index contributed by atoms with van der Waals surface area (Å²) in [7, 11) is 0. The molecule has 0 bridgehead atoms. The van der Waals surface area contributed by atoms with Gasteiger partial charge in [0.05, 0.1) is 5.56 Å². The maximum absolute atomic E-state index is 12.1. The van der Waals surface area contributed by atoms with Crippen molar-refractivity contribution < 1.29 is 4.79 Å². The molecule has 1 aromatic rings. The number of amides is 1. The summed E-state index contributed by atoms with van der Waals surface area (Å²) in [5.74, 6) is -0.0416. The lowest BCUT2D eigenvalue weighted by molar-refractivity contribution is 0.0772. The molecule has 0 aromatic carbocycles. The van der Waals surface area contributed by atoms with E-state index in [2.05, 4.69) is 18.8 Å². The van der Waals surface area contributed by atoms with Gasteiger partial charge in [0.25, 0.3) is 5.91 Å². The van der Waals surface area contributed by atoms with Crippen molar-refractivity contribution in [3.05, 3.63) is 29.6 Å². The van der Waals surface area contributed by atoms with Crippen LogP contribution in [0.1, 0.15) is 36.3 Å². The van der Waals surface area contributed by atoms with Gasteiger partial charge in [-0.1, -0.05) is 13.8 Å². The molecule has 1 saturated heterocycles. The lowest BCUT2D eigenvalue weighted by Crippen LogP contribution is -2.30. The molecule has 0 radical (unpaired) electrons. The Morgan fingerprint density at radius 1 is 1.53 bits per heavy atom. The zero-order chi connectivity index (χ0) is 12.5. The van der Waals surface area contributed by atoms with Gasteiger partial charge in [-0.15, -0.1) is 0 Å². The molecule has 2 rings (SSSR count). The number of hydrogen-bond acceptors (Lipinski definition) is 3. The van der Waals surface area contributed by atoms with Crippen LogP contribution < -0.4 is 0 Å². The Balaban J connectivity index is 2.13. The third kappa shape index (κ3) is 2.44. The first kappa shape index (κ1) is 11.6. The van der Waals surface area contributed by atoms with Crippen LogP contribution in [0, 0.1) is 16.7 Å². The number of carbonyl (C=O) groups excluding carboxylic acids is 1. The number of carbonyl (C=O) groups is 1. The molecular weight excluding hydrogens is 214 g/mol. The molecule has 1 aliphatic heterocycles. The molecule has 2 heterocycles. The van der Waals surface area contributed by atoms with E-state index in [-0.39, 0.29) is 11.3 Å². The van der Waals surface area contributed by atoms with E-state index in [1.54, 1.807) is 12.1 Å². The highest BCUT2D eigenvalue weighted by Gasteiger charge is 2.32. The summed E-state index contributed by atoms with van der Waals surface area (Å²) in [6.07, 6.45) is 2.46. The minimum absolute atomic E-state index is 0.0416. The molecule has 1 aliphatic rings. The third-order valence-corrected chi connectivity index (χ3v) is 3.08. The van der Waals surface area contributed by atoms with Crippen molar-refractivity contribution in [1.29, 1.82) is 5.26 Å². The van der Waals surface area contributed by atoms with Gasteiger partial charge >= 0.3 is 0 Å². The van der Waals surface area contributed by atoms with Crippen molar-refractivity contribution in [3.63, 3.8) is 0 Å². The molecule has 17 heavy (non-hydrogen) atoms. The molecule has 4 nitrogen and oxygen atoms in total. The second-order valence-corrected chi connectivity index (χ2v) is 5.18. The van der Waals surface area contributed by atoms with Crippen LogP contribution in [-0.2, 0) is 0 Å². The summed E-state index contributed by atoms with van der Waals surface area (Å²) >= 11 is 0. The summed E-state index contributed by atoms with van der Waals surface area (Å²) in [6.45, 7) is 5.88. The number of pyridine rings is 1. The van der Waals surface area contributed by atoms with Gasteiger partial charge in [0, 0.05) is 19.3 Å². The summed E-state index contributed by atoms with van der Waals surface area (Å²) in [5.41, 5.74) is 1.09. The quantitative estimate of drug-likeness (QED) is 0.738. The Morgan fingerprint density at radius 2 is 2.29 bits per heavy atom. The average Bonchev–Trinajstić information content (AvgIpc) is 2.69. The number of rotatable bonds is 1. The monoisotopic (exact) mass is 229 g/mol. The summed E-state index contributed by atoms with van der Waals surface area (Å²) in [5, 5.41) is 8.66. The average molecular weight is 229 g/mol. The maximum atomic E-state index is 12.1. The molecule has 88 valence electrons. The molecule has 0 aliphatic carbocycles. The van der Waals surface area contributed by atoms with Crippen LogP contribution in [0.2, 0.25) is 0 Å². The first-order valence-electron chi connectivity index (χ1n) is 5.67. The Kier molecular flexibility index (Phi) is 2.84. The normalized spacial score (nSPS) is 17.8. The van der Waals surface area contributed by atoms with E-state index in [4.69, 9.17) is 5.26 Å². The van der Waals surface area contributed by atoms with Crippen molar-refractivity contribution in [2.75, 3.05) is 13.1 Å². The highest BCUT2D eigenvalue weighted by Crippen LogP contribution is 2.29. The zero-order valence-electron chi connectivity index (χ0n) is 10.1. The molecule has 0 N–H and O–H groups in total. The van der Waals surface area contributed by atoms with Crippen LogP contribution in [0.4, 0.5) is 0 Å². The summed E-state index contributed by atoms with van der Waals surface area (Å²) < 4.78 is 0. The number of hydrogen-bond donors (Lipinski definition) is 0. The lowest BCUT2D eigenvalue weighted by atomic mass is 9.93. The third-order valence-electron chi connectivity index (χ3n) is 3.08. The molecule has 0 atom stereocenters. The number of nitrogens with zero attached hydrogens (tertiary/aromatic N) is 3. The van der Waals surface area contributed by atoms with Crippen molar-refractivity contribution >= 4 is 5.91 Å². The molecule has 0 spiro atoms. The molecule has 0 saturated carbocycles. The minimum Gasteiger partial charge on any atom is -0.337 e. The van der Waals surface area contributed by atoms with Crippen LogP contribution in [-0.4, -0.2) is 28.9 Å². The standard InChI is InChI=1S/C13H15N3O/c1-13(2)5-6-16(9-13)12(17)11-4-3-10(7-14)8-15-11/h3-4,8H,5-6,9H2,1-2H3. The Labute approximate surface area is 101 Å². The molecular formula is C13H15N3O. The van der Waals surface area contributed by atoms with E-state index in [1.807, 2.05) is 11.0 Å². The SMILES string of the molecule is CC1(C)CCN(C(=O)c2ccc(C#N)cn2)C1. The molecule has 1 amide bonds. The van der Waals surface area contributed by atoms with E-state index in [0.717, 1.165) is 19.5 Å². The molecule has 0 unspecified atom stereocenters. The van der Waals surface area contributed by atoms with Gasteiger partial charge in [-0.05, 0) is 24.0 Å². The van der Waals surface area contributed by atoms with Gasteiger partial charge in [0.15, 0.2) is 0 Å². The van der Waals surface area contributed by atoms with Crippen molar-refractivity contribution in [2.24, 2.45) is 5.41 Å². The largest absolute Gasteiger partial charge is 0.337 e. The Hall–Kier alpha value is -1.89. The van der Waals surface area contributed by atoms with Gasteiger partial charge in [-0.25, -0.2) is 4.98 Å². The number of aromatic nitrogens is 1. The van der Waals surface area contributed by atoms with E-state index in [9.17, 15) is 4.79 Å². The fourth-order valence-electron chi connectivity index (χ4n) is 2.03. The van der Waals surface area contributed by atoms with Crippen LogP contribution in [0.15, 0.2) is 18.3 Å². The van der Waals surface area contributed by atoms with Gasteiger partial charge in [0.1, 0.15) is 11.8 Å². The van der Waals surface area contributed by atoms with Gasteiger partial charge < -0.3 is 4.90 Å². The summed E-state index contributed by atoms with van der Waals surface area (Å²) in [4.78, 5) is 18.0. The van der Waals surface area contributed by atoms with Crippen LogP contribution in [0.3, 0.4) is 0 Å². The van der Waals surface area contributed by atoms with E-state index < -0.39 is 0 Å². The maximum Gasteiger partial charge on any atom is 0.272 e. The molecule has 1 fully saturated rings. The van der Waals surface area contributed by atoms with E-state index >= 15 is 0 Å². The molecule has 1 aromatic heterocycles. The highest BCUT2D eigenvalue weighted by atomic mass is 16.2. The van der Waals surface area contributed by atoms with Crippen molar-refractivity contribution in [3.8, 4) is 6.07 Å². The number of nitriles is 1. The van der Waals surface area contributed by atoms with Gasteiger partial charge in [0.2, 0.25) is 0 Å². The second kappa shape index (κ2) is 4.17. The predicted molar refractivity (Wildman–Crippen MR) is 63.3 cm³/mol. The first-order chi connectivity index (χ1) is 8.02. The first-order valence-corrected chi connectivity index (χ1v) is 5.67. The predicted octanol–water partition coefficient (Wildman–Crippen LogP) is 1.83. The zero-order valence-corrected chi connectivity index (χ0v) is 10.1. The van der Waals surface area contributed by atoms with Crippen LogP contribution in [0.25, 0.3) is 0 Å². The van der Waals surface area contributed by atoms with E-state index in [0.29, 0.717) is 11.3 Å². The smallest absolute Gasteiger partial charge is 0.272 e. The Morgan fingerprint density at radius 3 is 2.76 bits per heavy atom. The van der Waals surface area contributed by atoms with E-state index in [1.165, 1.54) is 6.20 Å². The Bertz CT molecular complexity index is 470. The van der Waals surface area contributed by atoms with Gasteiger partial charge in [-0.3, -0.25) is 4.79 Å². The molecule has 4 heteroatoms. The van der Waals surface area contributed by atoms with Crippen LogP contribution in [0.5, 0.6) is 0 Å². The number of likely N-dealkylation sites (tertiary alicyclic amines) is 1. The fraction of sp³-hybridized carbons (Fsp3) is 0.462. The van der Waals surface area contributed by atoms with Crippen molar-refractivity contribution in [2.45, 2.75) is 20.3 Å². The second-order valence-electron chi connectivity index (χ2n) is 5.18. The minimum atomic E-state index is -0.0416. The van der Waals surface area contributed by atoms with Crippen molar-refractivity contribution in [1.82, 2.24) is 9.88 Å². The van der Waals surface area contributed by atoms with Crippen LogP contribution >= 0.6 is 0 Å². The highest BCUT2D eigenvalue weighted by molar-refractivity contribution is 5.92.